The maximum absolute atomic E-state index is 9.48. The highest BCUT2D eigenvalue weighted by atomic mass is 32.1. The molecule has 0 aliphatic heterocycles. The maximum atomic E-state index is 9.48. The average Bonchev–Trinajstić information content (AvgIpc) is 3.08. The summed E-state index contributed by atoms with van der Waals surface area (Å²) in [6.45, 7) is 4.58. The first-order chi connectivity index (χ1) is 12.7. The lowest BCUT2D eigenvalue weighted by Crippen LogP contribution is -1.90. The van der Waals surface area contributed by atoms with Gasteiger partial charge in [-0.25, -0.2) is 0 Å². The number of phenols is 1. The van der Waals surface area contributed by atoms with Crippen molar-refractivity contribution in [2.75, 3.05) is 0 Å². The van der Waals surface area contributed by atoms with Crippen LogP contribution in [0.4, 0.5) is 0 Å². The first kappa shape index (κ1) is 16.9. The molecule has 1 heterocycles. The topological polar surface area (TPSA) is 20.2 Å². The fourth-order valence-electron chi connectivity index (χ4n) is 3.38. The summed E-state index contributed by atoms with van der Waals surface area (Å²) in [4.78, 5) is 1.48. The molecule has 1 nitrogen and oxygen atoms in total. The van der Waals surface area contributed by atoms with Gasteiger partial charge in [-0.3, -0.25) is 0 Å². The average molecular weight is 359 g/mol. The molecule has 1 unspecified atom stereocenters. The molecule has 1 aromatic heterocycles. The molecule has 2 heteroatoms. The van der Waals surface area contributed by atoms with Crippen LogP contribution >= 0.6 is 11.3 Å². The molecule has 0 spiro atoms. The molecule has 26 heavy (non-hydrogen) atoms. The molecule has 1 atom stereocenters. The smallest absolute Gasteiger partial charge is 0.115 e. The summed E-state index contributed by atoms with van der Waals surface area (Å²) in [5, 5.41) is 10.8. The normalized spacial score (nSPS) is 12.4. The number of hydrogen-bond donors (Lipinski definition) is 1. The number of phenolic OH excluding ortho intramolecular Hbond substituents is 1. The van der Waals surface area contributed by atoms with Gasteiger partial charge >= 0.3 is 0 Å². The summed E-state index contributed by atoms with van der Waals surface area (Å²) in [5.74, 6) is 0.854. The Labute approximate surface area is 158 Å². The van der Waals surface area contributed by atoms with E-state index in [0.29, 0.717) is 11.7 Å². The number of hydrogen-bond acceptors (Lipinski definition) is 2. The van der Waals surface area contributed by atoms with Crippen LogP contribution in [0.1, 0.15) is 31.1 Å². The zero-order chi connectivity index (χ0) is 18.1. The van der Waals surface area contributed by atoms with Gasteiger partial charge in [0.05, 0.1) is 0 Å². The van der Waals surface area contributed by atoms with Gasteiger partial charge in [0.2, 0.25) is 0 Å². The van der Waals surface area contributed by atoms with Crippen LogP contribution in [0.15, 0.2) is 72.8 Å². The second-order valence-electron chi connectivity index (χ2n) is 6.77. The molecule has 0 saturated carbocycles. The molecule has 0 fully saturated rings. The van der Waals surface area contributed by atoms with Crippen molar-refractivity contribution < 1.29 is 5.11 Å². The zero-order valence-corrected chi connectivity index (χ0v) is 15.9. The summed E-state index contributed by atoms with van der Waals surface area (Å²) in [7, 11) is 0. The fraction of sp³-hybridized carbons (Fsp3) is 0.167. The summed E-state index contributed by atoms with van der Waals surface area (Å²) >= 11 is 1.93. The third kappa shape index (κ3) is 3.02. The third-order valence-corrected chi connectivity index (χ3v) is 6.46. The molecule has 4 rings (SSSR count). The van der Waals surface area contributed by atoms with E-state index < -0.39 is 0 Å². The van der Waals surface area contributed by atoms with E-state index in [9.17, 15) is 5.11 Å². The Morgan fingerprint density at radius 2 is 1.38 bits per heavy atom. The SMILES string of the molecule is CCC(C)c1sc2ccccc2c1-c1ccc(-c2ccc(O)cc2)cc1. The molecule has 0 aliphatic rings. The second-order valence-corrected chi connectivity index (χ2v) is 7.85. The van der Waals surface area contributed by atoms with Crippen molar-refractivity contribution in [3.05, 3.63) is 77.7 Å². The standard InChI is InChI=1S/C24H22OS/c1-3-16(2)24-23(21-6-4-5-7-22(21)26-24)19-10-8-17(9-11-19)18-12-14-20(25)15-13-18/h4-16,25H,3H2,1-2H3. The van der Waals surface area contributed by atoms with E-state index in [1.807, 2.05) is 23.5 Å². The molecule has 4 aromatic rings. The first-order valence-electron chi connectivity index (χ1n) is 9.08. The van der Waals surface area contributed by atoms with Crippen LogP contribution in [-0.4, -0.2) is 5.11 Å². The fourth-order valence-corrected chi connectivity index (χ4v) is 4.74. The van der Waals surface area contributed by atoms with E-state index in [2.05, 4.69) is 62.4 Å². The van der Waals surface area contributed by atoms with Gasteiger partial charge in [-0.1, -0.05) is 68.4 Å². The zero-order valence-electron chi connectivity index (χ0n) is 15.1. The first-order valence-corrected chi connectivity index (χ1v) is 9.90. The summed E-state index contributed by atoms with van der Waals surface area (Å²) < 4.78 is 1.36. The van der Waals surface area contributed by atoms with Gasteiger partial charge in [-0.2, -0.15) is 0 Å². The van der Waals surface area contributed by atoms with Crippen molar-refractivity contribution in [2.24, 2.45) is 0 Å². The summed E-state index contributed by atoms with van der Waals surface area (Å²) in [6, 6.07) is 24.9. The molecule has 0 radical (unpaired) electrons. The molecule has 0 saturated heterocycles. The highest BCUT2D eigenvalue weighted by Gasteiger charge is 2.17. The van der Waals surface area contributed by atoms with E-state index in [4.69, 9.17) is 0 Å². The summed E-state index contributed by atoms with van der Waals surface area (Å²) in [6.07, 6.45) is 1.14. The predicted molar refractivity (Wildman–Crippen MR) is 113 cm³/mol. The largest absolute Gasteiger partial charge is 0.508 e. The van der Waals surface area contributed by atoms with Gasteiger partial charge < -0.3 is 5.11 Å². The van der Waals surface area contributed by atoms with E-state index in [0.717, 1.165) is 12.0 Å². The lowest BCUT2D eigenvalue weighted by atomic mass is 9.94. The van der Waals surface area contributed by atoms with E-state index >= 15 is 0 Å². The Kier molecular flexibility index (Phi) is 4.52. The number of fused-ring (bicyclic) bond motifs is 1. The molecule has 0 bridgehead atoms. The van der Waals surface area contributed by atoms with Crippen molar-refractivity contribution in [1.82, 2.24) is 0 Å². The van der Waals surface area contributed by atoms with Gasteiger partial charge in [-0.05, 0) is 47.2 Å². The molecule has 3 aromatic carbocycles. The monoisotopic (exact) mass is 358 g/mol. The van der Waals surface area contributed by atoms with Gasteiger partial charge in [0.25, 0.3) is 0 Å². The van der Waals surface area contributed by atoms with Crippen molar-refractivity contribution >= 4 is 21.4 Å². The number of benzene rings is 3. The minimum Gasteiger partial charge on any atom is -0.508 e. The van der Waals surface area contributed by atoms with Crippen LogP contribution in [0.3, 0.4) is 0 Å². The predicted octanol–water partition coefficient (Wildman–Crippen LogP) is 7.45. The number of thiophene rings is 1. The molecule has 0 aliphatic carbocycles. The van der Waals surface area contributed by atoms with E-state index in [1.54, 1.807) is 12.1 Å². The van der Waals surface area contributed by atoms with E-state index in [-0.39, 0.29) is 0 Å². The highest BCUT2D eigenvalue weighted by molar-refractivity contribution is 7.19. The lowest BCUT2D eigenvalue weighted by Gasteiger charge is -2.11. The quantitative estimate of drug-likeness (QED) is 0.401. The Bertz CT molecular complexity index is 1030. The molecule has 130 valence electrons. The van der Waals surface area contributed by atoms with Crippen LogP contribution in [0.25, 0.3) is 32.3 Å². The summed E-state index contributed by atoms with van der Waals surface area (Å²) in [5.41, 5.74) is 4.95. The molecular weight excluding hydrogens is 336 g/mol. The maximum Gasteiger partial charge on any atom is 0.115 e. The lowest BCUT2D eigenvalue weighted by molar-refractivity contribution is 0.475. The highest BCUT2D eigenvalue weighted by Crippen LogP contribution is 2.43. The van der Waals surface area contributed by atoms with Crippen LogP contribution in [0, 0.1) is 0 Å². The van der Waals surface area contributed by atoms with Crippen molar-refractivity contribution in [3.63, 3.8) is 0 Å². The Morgan fingerprint density at radius 3 is 2.04 bits per heavy atom. The molecular formula is C24H22OS. The Hall–Kier alpha value is -2.58. The van der Waals surface area contributed by atoms with Gasteiger partial charge in [-0.15, -0.1) is 11.3 Å². The van der Waals surface area contributed by atoms with Crippen LogP contribution in [0.2, 0.25) is 0 Å². The van der Waals surface area contributed by atoms with Crippen LogP contribution in [0.5, 0.6) is 5.75 Å². The minimum absolute atomic E-state index is 0.299. The minimum atomic E-state index is 0.299. The second kappa shape index (κ2) is 6.97. The van der Waals surface area contributed by atoms with Gasteiger partial charge in [0.1, 0.15) is 5.75 Å². The number of rotatable bonds is 4. The van der Waals surface area contributed by atoms with Crippen molar-refractivity contribution in [1.29, 1.82) is 0 Å². The van der Waals surface area contributed by atoms with Crippen LogP contribution < -0.4 is 0 Å². The molecule has 1 N–H and O–H groups in total. The van der Waals surface area contributed by atoms with Crippen LogP contribution in [-0.2, 0) is 0 Å². The third-order valence-electron chi connectivity index (χ3n) is 5.06. The number of aromatic hydroxyl groups is 1. The Balaban J connectivity index is 1.81. The van der Waals surface area contributed by atoms with Crippen molar-refractivity contribution in [2.45, 2.75) is 26.2 Å². The van der Waals surface area contributed by atoms with E-state index in [1.165, 1.54) is 31.7 Å². The molecule has 0 amide bonds. The van der Waals surface area contributed by atoms with Gasteiger partial charge in [0.15, 0.2) is 0 Å². The van der Waals surface area contributed by atoms with Crippen molar-refractivity contribution in [3.8, 4) is 28.0 Å². The van der Waals surface area contributed by atoms with Gasteiger partial charge in [0, 0.05) is 20.5 Å². The Morgan fingerprint density at radius 1 is 0.808 bits per heavy atom.